The first kappa shape index (κ1) is 18.9. The molecule has 0 unspecified atom stereocenters. The Morgan fingerprint density at radius 2 is 1.21 bits per heavy atom. The van der Waals surface area contributed by atoms with Crippen LogP contribution in [0.25, 0.3) is 0 Å². The molecule has 1 atom stereocenters. The van der Waals surface area contributed by atoms with Crippen LogP contribution in [0.15, 0.2) is 0 Å². The summed E-state index contributed by atoms with van der Waals surface area (Å²) in [6.45, 7) is 5.57. The molecule has 116 valence electrons. The summed E-state index contributed by atoms with van der Waals surface area (Å²) in [6, 6.07) is 0. The number of hydrogen-bond acceptors (Lipinski definition) is 2. The van der Waals surface area contributed by atoms with Crippen molar-refractivity contribution in [3.05, 3.63) is 0 Å². The van der Waals surface area contributed by atoms with Gasteiger partial charge in [0.05, 0.1) is 12.7 Å². The van der Waals surface area contributed by atoms with Gasteiger partial charge in [0, 0.05) is 6.61 Å². The molecule has 19 heavy (non-hydrogen) atoms. The zero-order valence-corrected chi connectivity index (χ0v) is 13.3. The van der Waals surface area contributed by atoms with E-state index in [9.17, 15) is 5.11 Å². The quantitative estimate of drug-likeness (QED) is 0.421. The lowest BCUT2D eigenvalue weighted by Crippen LogP contribution is -2.14. The average molecular weight is 272 g/mol. The van der Waals surface area contributed by atoms with Gasteiger partial charge in [-0.05, 0) is 12.8 Å². The molecule has 0 aliphatic heterocycles. The zero-order chi connectivity index (χ0) is 14.2. The minimum absolute atomic E-state index is 0.271. The Hall–Kier alpha value is -0.0800. The fraction of sp³-hybridized carbons (Fsp3) is 1.00. The fourth-order valence-electron chi connectivity index (χ4n) is 2.21. The molecule has 2 nitrogen and oxygen atoms in total. The minimum Gasteiger partial charge on any atom is -0.391 e. The third-order valence-electron chi connectivity index (χ3n) is 3.67. The molecule has 0 rings (SSSR count). The third kappa shape index (κ3) is 15.9. The molecular formula is C17H36O2. The first-order valence-electron chi connectivity index (χ1n) is 8.57. The summed E-state index contributed by atoms with van der Waals surface area (Å²) in [6.07, 6.45) is 15.5. The second-order valence-electron chi connectivity index (χ2n) is 5.67. The number of ether oxygens (including phenoxy) is 1. The van der Waals surface area contributed by atoms with Gasteiger partial charge in [0.1, 0.15) is 0 Å². The molecule has 0 bridgehead atoms. The van der Waals surface area contributed by atoms with Gasteiger partial charge in [0.15, 0.2) is 0 Å². The van der Waals surface area contributed by atoms with Crippen molar-refractivity contribution in [2.24, 2.45) is 0 Å². The highest BCUT2D eigenvalue weighted by Gasteiger charge is 1.99. The van der Waals surface area contributed by atoms with Gasteiger partial charge in [-0.25, -0.2) is 0 Å². The van der Waals surface area contributed by atoms with Crippen LogP contribution in [0.2, 0.25) is 0 Å². The largest absolute Gasteiger partial charge is 0.391 e. The van der Waals surface area contributed by atoms with Crippen molar-refractivity contribution in [1.82, 2.24) is 0 Å². The number of aliphatic hydroxyl groups is 1. The lowest BCUT2D eigenvalue weighted by atomic mass is 10.1. The van der Waals surface area contributed by atoms with Crippen LogP contribution in [-0.2, 0) is 4.74 Å². The summed E-state index contributed by atoms with van der Waals surface area (Å²) in [5.74, 6) is 0. The molecule has 0 saturated carbocycles. The van der Waals surface area contributed by atoms with E-state index in [0.717, 1.165) is 19.4 Å². The molecule has 0 spiro atoms. The maximum Gasteiger partial charge on any atom is 0.0771 e. The maximum atomic E-state index is 9.31. The first-order valence-corrected chi connectivity index (χ1v) is 8.57. The van der Waals surface area contributed by atoms with E-state index in [-0.39, 0.29) is 6.10 Å². The standard InChI is InChI=1S/C17H36O2/c1-3-5-6-7-8-9-10-11-12-13-14-15-19-16-17(18)4-2/h17-18H,3-16H2,1-2H3/t17-/m0/s1. The summed E-state index contributed by atoms with van der Waals surface area (Å²) in [7, 11) is 0. The molecule has 0 aliphatic rings. The Balaban J connectivity index is 2.95. The third-order valence-corrected chi connectivity index (χ3v) is 3.67. The number of rotatable bonds is 15. The molecule has 0 amide bonds. The summed E-state index contributed by atoms with van der Waals surface area (Å²) in [5.41, 5.74) is 0. The highest BCUT2D eigenvalue weighted by atomic mass is 16.5. The molecule has 0 aromatic carbocycles. The maximum absolute atomic E-state index is 9.31. The lowest BCUT2D eigenvalue weighted by molar-refractivity contribution is 0.0335. The topological polar surface area (TPSA) is 29.5 Å². The molecule has 0 saturated heterocycles. The van der Waals surface area contributed by atoms with Crippen molar-refractivity contribution >= 4 is 0 Å². The summed E-state index contributed by atoms with van der Waals surface area (Å²) >= 11 is 0. The molecule has 1 N–H and O–H groups in total. The van der Waals surface area contributed by atoms with E-state index in [0.29, 0.717) is 6.61 Å². The van der Waals surface area contributed by atoms with E-state index < -0.39 is 0 Å². The van der Waals surface area contributed by atoms with Crippen LogP contribution in [-0.4, -0.2) is 24.4 Å². The van der Waals surface area contributed by atoms with Crippen molar-refractivity contribution in [3.63, 3.8) is 0 Å². The van der Waals surface area contributed by atoms with Gasteiger partial charge in [0.2, 0.25) is 0 Å². The number of aliphatic hydroxyl groups excluding tert-OH is 1. The summed E-state index contributed by atoms with van der Waals surface area (Å²) in [4.78, 5) is 0. The molecular weight excluding hydrogens is 236 g/mol. The van der Waals surface area contributed by atoms with Gasteiger partial charge in [-0.15, -0.1) is 0 Å². The van der Waals surface area contributed by atoms with Crippen LogP contribution < -0.4 is 0 Å². The Bertz CT molecular complexity index is 159. The number of unbranched alkanes of at least 4 members (excludes halogenated alkanes) is 10. The van der Waals surface area contributed by atoms with Crippen molar-refractivity contribution in [2.45, 2.75) is 97.0 Å². The Morgan fingerprint density at radius 1 is 0.737 bits per heavy atom. The highest BCUT2D eigenvalue weighted by Crippen LogP contribution is 2.11. The zero-order valence-electron chi connectivity index (χ0n) is 13.3. The number of hydrogen-bond donors (Lipinski definition) is 1. The summed E-state index contributed by atoms with van der Waals surface area (Å²) < 4.78 is 5.42. The van der Waals surface area contributed by atoms with Crippen LogP contribution in [0.4, 0.5) is 0 Å². The smallest absolute Gasteiger partial charge is 0.0771 e. The molecule has 0 radical (unpaired) electrons. The predicted molar refractivity (Wildman–Crippen MR) is 83.6 cm³/mol. The molecule has 0 heterocycles. The van der Waals surface area contributed by atoms with Gasteiger partial charge in [-0.1, -0.05) is 78.1 Å². The van der Waals surface area contributed by atoms with Crippen molar-refractivity contribution < 1.29 is 9.84 Å². The monoisotopic (exact) mass is 272 g/mol. The van der Waals surface area contributed by atoms with Gasteiger partial charge >= 0.3 is 0 Å². The van der Waals surface area contributed by atoms with Crippen molar-refractivity contribution in [3.8, 4) is 0 Å². The van der Waals surface area contributed by atoms with Crippen LogP contribution >= 0.6 is 0 Å². The Labute approximate surface area is 120 Å². The second-order valence-corrected chi connectivity index (χ2v) is 5.67. The Morgan fingerprint density at radius 3 is 1.68 bits per heavy atom. The molecule has 0 aromatic heterocycles. The first-order chi connectivity index (χ1) is 9.31. The van der Waals surface area contributed by atoms with Crippen LogP contribution in [0.1, 0.15) is 90.9 Å². The van der Waals surface area contributed by atoms with Crippen LogP contribution in [0, 0.1) is 0 Å². The van der Waals surface area contributed by atoms with E-state index in [2.05, 4.69) is 6.92 Å². The van der Waals surface area contributed by atoms with Gasteiger partial charge in [0.25, 0.3) is 0 Å². The van der Waals surface area contributed by atoms with Crippen LogP contribution in [0.3, 0.4) is 0 Å². The Kier molecular flexibility index (Phi) is 15.9. The van der Waals surface area contributed by atoms with Gasteiger partial charge < -0.3 is 9.84 Å². The van der Waals surface area contributed by atoms with Gasteiger partial charge in [-0.3, -0.25) is 0 Å². The SMILES string of the molecule is CCCCCCCCCCCCCOC[C@@H](O)CC. The normalized spacial score (nSPS) is 12.8. The molecule has 0 aliphatic carbocycles. The second kappa shape index (κ2) is 16.0. The molecule has 2 heteroatoms. The highest BCUT2D eigenvalue weighted by molar-refractivity contribution is 4.50. The van der Waals surface area contributed by atoms with E-state index >= 15 is 0 Å². The molecule has 0 fully saturated rings. The lowest BCUT2D eigenvalue weighted by Gasteiger charge is -2.08. The van der Waals surface area contributed by atoms with E-state index in [1.807, 2.05) is 6.92 Å². The molecule has 0 aromatic rings. The van der Waals surface area contributed by atoms with Crippen LogP contribution in [0.5, 0.6) is 0 Å². The summed E-state index contributed by atoms with van der Waals surface area (Å²) in [5, 5.41) is 9.31. The minimum atomic E-state index is -0.271. The van der Waals surface area contributed by atoms with Crippen molar-refractivity contribution in [1.29, 1.82) is 0 Å². The predicted octanol–water partition coefficient (Wildman–Crippen LogP) is 5.08. The fourth-order valence-corrected chi connectivity index (χ4v) is 2.21. The van der Waals surface area contributed by atoms with Crippen molar-refractivity contribution in [2.75, 3.05) is 13.2 Å². The van der Waals surface area contributed by atoms with E-state index in [1.165, 1.54) is 64.2 Å². The average Bonchev–Trinajstić information content (AvgIpc) is 2.43. The van der Waals surface area contributed by atoms with E-state index in [4.69, 9.17) is 4.74 Å². The van der Waals surface area contributed by atoms with E-state index in [1.54, 1.807) is 0 Å². The van der Waals surface area contributed by atoms with Gasteiger partial charge in [-0.2, -0.15) is 0 Å².